The number of sulfonamides is 1. The normalized spacial score (nSPS) is 23.1. The number of benzene rings is 1. The van der Waals surface area contributed by atoms with Crippen molar-refractivity contribution in [1.29, 1.82) is 0 Å². The van der Waals surface area contributed by atoms with Crippen molar-refractivity contribution in [2.24, 2.45) is 5.73 Å². The van der Waals surface area contributed by atoms with Crippen LogP contribution in [0.1, 0.15) is 30.4 Å². The predicted octanol–water partition coefficient (Wildman–Crippen LogP) is 1.30. The maximum Gasteiger partial charge on any atom is 0.241 e. The zero-order chi connectivity index (χ0) is 14.8. The van der Waals surface area contributed by atoms with E-state index >= 15 is 0 Å². The molecule has 0 radical (unpaired) electrons. The molecule has 1 saturated carbocycles. The minimum atomic E-state index is -3.48. The lowest BCUT2D eigenvalue weighted by atomic mass is 10.1. The third kappa shape index (κ3) is 3.38. The summed E-state index contributed by atoms with van der Waals surface area (Å²) in [6, 6.07) is 5.16. The van der Waals surface area contributed by atoms with Crippen molar-refractivity contribution in [3.8, 4) is 0 Å². The van der Waals surface area contributed by atoms with Gasteiger partial charge in [0, 0.05) is 19.7 Å². The molecule has 1 aromatic carbocycles. The Morgan fingerprint density at radius 2 is 2.15 bits per heavy atom. The van der Waals surface area contributed by atoms with E-state index in [9.17, 15) is 8.42 Å². The number of hydrogen-bond donors (Lipinski definition) is 2. The van der Waals surface area contributed by atoms with Gasteiger partial charge < -0.3 is 10.5 Å². The molecular weight excluding hydrogens is 276 g/mol. The molecule has 2 unspecified atom stereocenters. The number of nitrogens with one attached hydrogen (secondary N) is 1. The third-order valence-electron chi connectivity index (χ3n) is 3.80. The fourth-order valence-corrected chi connectivity index (χ4v) is 4.19. The SMILES string of the molecule is COC1CCC(NS(=O)(=O)c2ccc(CN)cc2C)C1. The molecule has 1 fully saturated rings. The van der Waals surface area contributed by atoms with E-state index in [1.807, 2.05) is 6.07 Å². The Balaban J connectivity index is 2.14. The van der Waals surface area contributed by atoms with Crippen LogP contribution in [0.5, 0.6) is 0 Å². The van der Waals surface area contributed by atoms with Crippen molar-refractivity contribution in [3.63, 3.8) is 0 Å². The Labute approximate surface area is 120 Å². The highest BCUT2D eigenvalue weighted by Gasteiger charge is 2.29. The summed E-state index contributed by atoms with van der Waals surface area (Å²) >= 11 is 0. The van der Waals surface area contributed by atoms with Crippen LogP contribution in [0.2, 0.25) is 0 Å². The number of aryl methyl sites for hydroxylation is 1. The highest BCUT2D eigenvalue weighted by Crippen LogP contribution is 2.24. The van der Waals surface area contributed by atoms with E-state index in [0.717, 1.165) is 30.4 Å². The van der Waals surface area contributed by atoms with Crippen molar-refractivity contribution < 1.29 is 13.2 Å². The molecule has 5 nitrogen and oxygen atoms in total. The van der Waals surface area contributed by atoms with Gasteiger partial charge in [-0.25, -0.2) is 13.1 Å². The molecule has 3 N–H and O–H groups in total. The van der Waals surface area contributed by atoms with Crippen molar-refractivity contribution in [3.05, 3.63) is 29.3 Å². The molecular formula is C14H22N2O3S. The van der Waals surface area contributed by atoms with Crippen LogP contribution in [0.4, 0.5) is 0 Å². The largest absolute Gasteiger partial charge is 0.381 e. The fraction of sp³-hybridized carbons (Fsp3) is 0.571. The second kappa shape index (κ2) is 6.22. The summed E-state index contributed by atoms with van der Waals surface area (Å²) in [7, 11) is -1.81. The van der Waals surface area contributed by atoms with E-state index in [1.54, 1.807) is 26.2 Å². The standard InChI is InChI=1S/C14H22N2O3S/c1-10-7-11(9-15)3-6-14(10)20(17,18)16-12-4-5-13(8-12)19-2/h3,6-7,12-13,16H,4-5,8-9,15H2,1-2H3. The van der Waals surface area contributed by atoms with E-state index < -0.39 is 10.0 Å². The molecule has 20 heavy (non-hydrogen) atoms. The Hall–Kier alpha value is -0.950. The molecule has 1 aliphatic rings. The Kier molecular flexibility index (Phi) is 4.80. The van der Waals surface area contributed by atoms with Crippen molar-refractivity contribution in [1.82, 2.24) is 4.72 Å². The molecule has 0 heterocycles. The zero-order valence-corrected chi connectivity index (χ0v) is 12.7. The van der Waals surface area contributed by atoms with Crippen molar-refractivity contribution in [2.75, 3.05) is 7.11 Å². The molecule has 0 saturated heterocycles. The first-order valence-corrected chi connectivity index (χ1v) is 8.29. The van der Waals surface area contributed by atoms with Gasteiger partial charge in [-0.2, -0.15) is 0 Å². The molecule has 0 aliphatic heterocycles. The fourth-order valence-electron chi connectivity index (χ4n) is 2.68. The van der Waals surface area contributed by atoms with Crippen molar-refractivity contribution >= 4 is 10.0 Å². The van der Waals surface area contributed by atoms with Crippen LogP contribution in [0.15, 0.2) is 23.1 Å². The minimum absolute atomic E-state index is 0.0430. The Morgan fingerprint density at radius 3 is 2.70 bits per heavy atom. The Morgan fingerprint density at radius 1 is 1.40 bits per heavy atom. The smallest absolute Gasteiger partial charge is 0.241 e. The molecule has 0 amide bonds. The summed E-state index contributed by atoms with van der Waals surface area (Å²) < 4.78 is 32.9. The number of methoxy groups -OCH3 is 1. The summed E-state index contributed by atoms with van der Waals surface area (Å²) in [6.45, 7) is 2.20. The summed E-state index contributed by atoms with van der Waals surface area (Å²) in [5.41, 5.74) is 7.22. The molecule has 0 spiro atoms. The van der Waals surface area contributed by atoms with Gasteiger partial charge in [0.05, 0.1) is 11.0 Å². The highest BCUT2D eigenvalue weighted by atomic mass is 32.2. The average molecular weight is 298 g/mol. The molecule has 112 valence electrons. The average Bonchev–Trinajstić information content (AvgIpc) is 2.85. The van der Waals surface area contributed by atoms with Gasteiger partial charge >= 0.3 is 0 Å². The second-order valence-corrected chi connectivity index (χ2v) is 6.98. The summed E-state index contributed by atoms with van der Waals surface area (Å²) in [4.78, 5) is 0.329. The van der Waals surface area contributed by atoms with E-state index in [4.69, 9.17) is 10.5 Å². The van der Waals surface area contributed by atoms with E-state index in [2.05, 4.69) is 4.72 Å². The molecule has 2 rings (SSSR count). The maximum absolute atomic E-state index is 12.4. The first-order valence-electron chi connectivity index (χ1n) is 6.81. The molecule has 0 aromatic heterocycles. The maximum atomic E-state index is 12.4. The van der Waals surface area contributed by atoms with Crippen LogP contribution in [-0.2, 0) is 21.3 Å². The quantitative estimate of drug-likeness (QED) is 0.858. The second-order valence-electron chi connectivity index (χ2n) is 5.29. The van der Waals surface area contributed by atoms with Crippen molar-refractivity contribution in [2.45, 2.75) is 49.8 Å². The monoisotopic (exact) mass is 298 g/mol. The van der Waals surface area contributed by atoms with Crippen LogP contribution in [0.3, 0.4) is 0 Å². The van der Waals surface area contributed by atoms with Gasteiger partial charge in [-0.3, -0.25) is 0 Å². The van der Waals surface area contributed by atoms with Crippen LogP contribution in [0.25, 0.3) is 0 Å². The van der Waals surface area contributed by atoms with Crippen LogP contribution < -0.4 is 10.5 Å². The van der Waals surface area contributed by atoms with Gasteiger partial charge in [0.15, 0.2) is 0 Å². The van der Waals surface area contributed by atoms with Gasteiger partial charge in [-0.15, -0.1) is 0 Å². The van der Waals surface area contributed by atoms with Gasteiger partial charge in [-0.1, -0.05) is 12.1 Å². The summed E-state index contributed by atoms with van der Waals surface area (Å²) in [5.74, 6) is 0. The number of nitrogens with two attached hydrogens (primary N) is 1. The summed E-state index contributed by atoms with van der Waals surface area (Å²) in [6.07, 6.45) is 2.60. The van der Waals surface area contributed by atoms with Crippen LogP contribution in [0, 0.1) is 6.92 Å². The third-order valence-corrected chi connectivity index (χ3v) is 5.48. The van der Waals surface area contributed by atoms with E-state index in [1.165, 1.54) is 0 Å². The topological polar surface area (TPSA) is 81.4 Å². The first-order chi connectivity index (χ1) is 9.46. The lowest BCUT2D eigenvalue weighted by Crippen LogP contribution is -2.33. The highest BCUT2D eigenvalue weighted by molar-refractivity contribution is 7.89. The van der Waals surface area contributed by atoms with E-state index in [-0.39, 0.29) is 12.1 Å². The lowest BCUT2D eigenvalue weighted by Gasteiger charge is -2.15. The molecule has 0 bridgehead atoms. The van der Waals surface area contributed by atoms with Crippen LogP contribution in [-0.4, -0.2) is 27.7 Å². The number of ether oxygens (including phenoxy) is 1. The summed E-state index contributed by atoms with van der Waals surface area (Å²) in [5, 5.41) is 0. The molecule has 2 atom stereocenters. The van der Waals surface area contributed by atoms with Gasteiger partial charge in [0.2, 0.25) is 10.0 Å². The molecule has 1 aliphatic carbocycles. The first kappa shape index (κ1) is 15.4. The number of rotatable bonds is 5. The van der Waals surface area contributed by atoms with E-state index in [0.29, 0.717) is 11.4 Å². The zero-order valence-electron chi connectivity index (χ0n) is 11.9. The molecule has 6 heteroatoms. The number of hydrogen-bond acceptors (Lipinski definition) is 4. The predicted molar refractivity (Wildman–Crippen MR) is 77.8 cm³/mol. The lowest BCUT2D eigenvalue weighted by molar-refractivity contribution is 0.107. The van der Waals surface area contributed by atoms with Gasteiger partial charge in [0.1, 0.15) is 0 Å². The van der Waals surface area contributed by atoms with Gasteiger partial charge in [0.25, 0.3) is 0 Å². The molecule has 1 aromatic rings. The van der Waals surface area contributed by atoms with Gasteiger partial charge in [-0.05, 0) is 43.4 Å². The van der Waals surface area contributed by atoms with Crippen LogP contribution >= 0.6 is 0 Å². The minimum Gasteiger partial charge on any atom is -0.381 e. The Bertz CT molecular complexity index is 572.